The number of aliphatic hydroxyl groups is 1. The number of rotatable bonds is 4. The van der Waals surface area contributed by atoms with Crippen molar-refractivity contribution in [2.45, 2.75) is 6.10 Å². The highest BCUT2D eigenvalue weighted by Crippen LogP contribution is 2.24. The fourth-order valence-corrected chi connectivity index (χ4v) is 2.14. The summed E-state index contributed by atoms with van der Waals surface area (Å²) >= 11 is 8.74. The second-order valence-corrected chi connectivity index (χ2v) is 5.49. The number of nitrogens with one attached hydrogen (secondary N) is 1. The smallest absolute Gasteiger partial charge is 0.149 e. The molecule has 1 unspecified atom stereocenters. The van der Waals surface area contributed by atoms with Crippen molar-refractivity contribution < 1.29 is 13.9 Å². The Morgan fingerprint density at radius 1 is 1.15 bits per heavy atom. The summed E-state index contributed by atoms with van der Waals surface area (Å²) < 4.78 is 26.8. The first-order valence-corrected chi connectivity index (χ1v) is 6.96. The van der Waals surface area contributed by atoms with Gasteiger partial charge in [-0.15, -0.1) is 0 Å². The highest BCUT2D eigenvalue weighted by molar-refractivity contribution is 9.10. The van der Waals surface area contributed by atoms with Crippen LogP contribution in [0.4, 0.5) is 14.5 Å². The molecule has 0 heterocycles. The third-order valence-electron chi connectivity index (χ3n) is 2.75. The van der Waals surface area contributed by atoms with Gasteiger partial charge in [-0.1, -0.05) is 23.7 Å². The lowest BCUT2D eigenvalue weighted by molar-refractivity contribution is 0.191. The summed E-state index contributed by atoms with van der Waals surface area (Å²) in [4.78, 5) is 0. The zero-order chi connectivity index (χ0) is 14.7. The van der Waals surface area contributed by atoms with Crippen LogP contribution in [0.3, 0.4) is 0 Å². The van der Waals surface area contributed by atoms with Gasteiger partial charge in [0.1, 0.15) is 11.6 Å². The van der Waals surface area contributed by atoms with E-state index in [2.05, 4.69) is 21.2 Å². The van der Waals surface area contributed by atoms with E-state index in [0.29, 0.717) is 10.6 Å². The number of halogens is 4. The average molecular weight is 363 g/mol. The quantitative estimate of drug-likeness (QED) is 0.784. The fourth-order valence-electron chi connectivity index (χ4n) is 1.67. The van der Waals surface area contributed by atoms with Crippen LogP contribution in [0.15, 0.2) is 40.9 Å². The molecule has 0 aliphatic heterocycles. The van der Waals surface area contributed by atoms with Crippen molar-refractivity contribution in [2.24, 2.45) is 0 Å². The van der Waals surface area contributed by atoms with Crippen LogP contribution < -0.4 is 5.32 Å². The van der Waals surface area contributed by atoms with E-state index in [1.807, 2.05) is 0 Å². The van der Waals surface area contributed by atoms with Crippen LogP contribution in [0.5, 0.6) is 0 Å². The molecule has 0 fully saturated rings. The lowest BCUT2D eigenvalue weighted by atomic mass is 10.1. The van der Waals surface area contributed by atoms with Gasteiger partial charge < -0.3 is 10.4 Å². The van der Waals surface area contributed by atoms with E-state index in [1.54, 1.807) is 24.3 Å². The van der Waals surface area contributed by atoms with Gasteiger partial charge in [0, 0.05) is 17.6 Å². The van der Waals surface area contributed by atoms with E-state index in [0.717, 1.165) is 6.07 Å². The molecule has 0 amide bonds. The maximum Gasteiger partial charge on any atom is 0.149 e. The molecule has 0 saturated carbocycles. The second kappa shape index (κ2) is 6.52. The molecular formula is C14H11BrClF2NO. The molecule has 106 valence electrons. The molecule has 0 radical (unpaired) electrons. The zero-order valence-electron chi connectivity index (χ0n) is 10.2. The minimum absolute atomic E-state index is 0.0939. The van der Waals surface area contributed by atoms with Crippen LogP contribution in [0.25, 0.3) is 0 Å². The lowest BCUT2D eigenvalue weighted by Gasteiger charge is -2.14. The summed E-state index contributed by atoms with van der Waals surface area (Å²) in [5.41, 5.74) is 0.773. The van der Waals surface area contributed by atoms with Crippen molar-refractivity contribution in [1.29, 1.82) is 0 Å². The third kappa shape index (κ3) is 3.69. The number of benzene rings is 2. The van der Waals surface area contributed by atoms with Gasteiger partial charge in [-0.2, -0.15) is 0 Å². The molecule has 2 nitrogen and oxygen atoms in total. The van der Waals surface area contributed by atoms with E-state index in [4.69, 9.17) is 11.6 Å². The van der Waals surface area contributed by atoms with Crippen LogP contribution >= 0.6 is 27.5 Å². The summed E-state index contributed by atoms with van der Waals surface area (Å²) in [6.07, 6.45) is -0.824. The Hall–Kier alpha value is -1.17. The van der Waals surface area contributed by atoms with Crippen molar-refractivity contribution in [3.63, 3.8) is 0 Å². The Kier molecular flexibility index (Phi) is 4.96. The summed E-state index contributed by atoms with van der Waals surface area (Å²) in [5, 5.41) is 13.3. The molecule has 2 aromatic rings. The van der Waals surface area contributed by atoms with E-state index < -0.39 is 17.7 Å². The molecule has 2 rings (SSSR count). The Morgan fingerprint density at radius 2 is 1.80 bits per heavy atom. The van der Waals surface area contributed by atoms with Gasteiger partial charge in [-0.05, 0) is 39.7 Å². The largest absolute Gasteiger partial charge is 0.387 e. The van der Waals surface area contributed by atoms with E-state index >= 15 is 0 Å². The molecule has 0 aromatic heterocycles. The first-order chi connectivity index (χ1) is 9.47. The van der Waals surface area contributed by atoms with Crippen LogP contribution in [0, 0.1) is 11.6 Å². The molecule has 0 aliphatic carbocycles. The van der Waals surface area contributed by atoms with E-state index in [-0.39, 0.29) is 16.7 Å². The van der Waals surface area contributed by atoms with Crippen LogP contribution in [-0.4, -0.2) is 11.7 Å². The molecule has 6 heteroatoms. The Balaban J connectivity index is 2.05. The molecule has 2 aromatic carbocycles. The van der Waals surface area contributed by atoms with Crippen LogP contribution in [0.2, 0.25) is 5.02 Å². The van der Waals surface area contributed by atoms with E-state index in [1.165, 1.54) is 6.07 Å². The maximum atomic E-state index is 13.5. The van der Waals surface area contributed by atoms with Crippen molar-refractivity contribution in [1.82, 2.24) is 0 Å². The van der Waals surface area contributed by atoms with Gasteiger partial charge in [-0.25, -0.2) is 8.78 Å². The number of anilines is 1. The monoisotopic (exact) mass is 361 g/mol. The minimum atomic E-state index is -0.824. The third-order valence-corrected chi connectivity index (χ3v) is 3.61. The minimum Gasteiger partial charge on any atom is -0.387 e. The Labute approximate surface area is 128 Å². The molecule has 0 saturated heterocycles. The first kappa shape index (κ1) is 15.2. The van der Waals surface area contributed by atoms with Crippen LogP contribution in [-0.2, 0) is 0 Å². The standard InChI is InChI=1S/C14H11BrClF2NO/c15-10-5-13(12(18)6-11(10)17)19-7-14(20)8-1-3-9(16)4-2-8/h1-6,14,19-20H,7H2. The van der Waals surface area contributed by atoms with Crippen molar-refractivity contribution >= 4 is 33.2 Å². The normalized spacial score (nSPS) is 12.2. The molecular weight excluding hydrogens is 352 g/mol. The second-order valence-electron chi connectivity index (χ2n) is 4.19. The topological polar surface area (TPSA) is 32.3 Å². The van der Waals surface area contributed by atoms with Crippen LogP contribution in [0.1, 0.15) is 11.7 Å². The predicted octanol–water partition coefficient (Wildman–Crippen LogP) is 4.53. The molecule has 0 bridgehead atoms. The lowest BCUT2D eigenvalue weighted by Crippen LogP contribution is -2.13. The van der Waals surface area contributed by atoms with Gasteiger partial charge in [0.25, 0.3) is 0 Å². The summed E-state index contributed by atoms with van der Waals surface area (Å²) in [6.45, 7) is 0.0939. The number of hydrogen-bond donors (Lipinski definition) is 2. The maximum absolute atomic E-state index is 13.5. The van der Waals surface area contributed by atoms with Gasteiger partial charge in [0.05, 0.1) is 16.3 Å². The van der Waals surface area contributed by atoms with Crippen molar-refractivity contribution in [3.8, 4) is 0 Å². The molecule has 1 atom stereocenters. The van der Waals surface area contributed by atoms with Gasteiger partial charge in [0.15, 0.2) is 0 Å². The van der Waals surface area contributed by atoms with Crippen molar-refractivity contribution in [3.05, 3.63) is 63.1 Å². The SMILES string of the molecule is OC(CNc1cc(Br)c(F)cc1F)c1ccc(Cl)cc1. The van der Waals surface area contributed by atoms with Gasteiger partial charge in [0.2, 0.25) is 0 Å². The molecule has 20 heavy (non-hydrogen) atoms. The molecule has 0 aliphatic rings. The number of aliphatic hydroxyl groups excluding tert-OH is 1. The predicted molar refractivity (Wildman–Crippen MR) is 79.0 cm³/mol. The summed E-state index contributed by atoms with van der Waals surface area (Å²) in [5.74, 6) is -1.39. The van der Waals surface area contributed by atoms with Gasteiger partial charge in [-0.3, -0.25) is 0 Å². The Morgan fingerprint density at radius 3 is 2.45 bits per heavy atom. The van der Waals surface area contributed by atoms with E-state index in [9.17, 15) is 13.9 Å². The van der Waals surface area contributed by atoms with Gasteiger partial charge >= 0.3 is 0 Å². The first-order valence-electron chi connectivity index (χ1n) is 5.79. The summed E-state index contributed by atoms with van der Waals surface area (Å²) in [7, 11) is 0. The summed E-state index contributed by atoms with van der Waals surface area (Å²) in [6, 6.07) is 8.77. The van der Waals surface area contributed by atoms with Crippen molar-refractivity contribution in [2.75, 3.05) is 11.9 Å². The highest BCUT2D eigenvalue weighted by Gasteiger charge is 2.11. The molecule has 2 N–H and O–H groups in total. The zero-order valence-corrected chi connectivity index (χ0v) is 12.5. The average Bonchev–Trinajstić information content (AvgIpc) is 2.42. The Bertz CT molecular complexity index is 607. The number of hydrogen-bond acceptors (Lipinski definition) is 2. The molecule has 0 spiro atoms. The fraction of sp³-hybridized carbons (Fsp3) is 0.143. The highest BCUT2D eigenvalue weighted by atomic mass is 79.9.